The lowest BCUT2D eigenvalue weighted by Gasteiger charge is -2.39. The Kier molecular flexibility index (Phi) is 3.72. The van der Waals surface area contributed by atoms with Gasteiger partial charge < -0.3 is 15.0 Å². The largest absolute Gasteiger partial charge is 0.480 e. The second kappa shape index (κ2) is 6.10. The minimum atomic E-state index is 0.460. The highest BCUT2D eigenvalue weighted by Gasteiger charge is 2.43. The van der Waals surface area contributed by atoms with Crippen molar-refractivity contribution in [2.24, 2.45) is 11.8 Å². The van der Waals surface area contributed by atoms with Crippen LogP contribution in [0.2, 0.25) is 0 Å². The van der Waals surface area contributed by atoms with Gasteiger partial charge in [-0.25, -0.2) is 4.68 Å². The fourth-order valence-electron chi connectivity index (χ4n) is 4.82. The lowest BCUT2D eigenvalue weighted by molar-refractivity contribution is 0.372. The highest BCUT2D eigenvalue weighted by molar-refractivity contribution is 5.48. The fraction of sp³-hybridized carbons (Fsp3) is 0.667. The molecular formula is C18H25N7O. The molecule has 2 aromatic rings. The van der Waals surface area contributed by atoms with Crippen LogP contribution in [0.1, 0.15) is 37.9 Å². The van der Waals surface area contributed by atoms with Crippen LogP contribution in [0.3, 0.4) is 0 Å². The van der Waals surface area contributed by atoms with Crippen LogP contribution in [0.25, 0.3) is 0 Å². The average molecular weight is 355 g/mol. The van der Waals surface area contributed by atoms with Crippen LogP contribution < -0.4 is 15.0 Å². The zero-order valence-corrected chi connectivity index (χ0v) is 15.3. The Bertz CT molecular complexity index is 793. The normalized spacial score (nSPS) is 29.7. The van der Waals surface area contributed by atoms with E-state index in [4.69, 9.17) is 9.72 Å². The van der Waals surface area contributed by atoms with Crippen molar-refractivity contribution in [2.75, 3.05) is 30.4 Å². The number of aromatic nitrogens is 5. The van der Waals surface area contributed by atoms with Crippen LogP contribution in [0.5, 0.6) is 5.88 Å². The van der Waals surface area contributed by atoms with Gasteiger partial charge in [-0.15, -0.1) is 10.2 Å². The molecule has 4 atom stereocenters. The number of nitrogens with zero attached hydrogens (tertiary/aromatic N) is 6. The molecule has 1 aliphatic carbocycles. The van der Waals surface area contributed by atoms with Gasteiger partial charge in [-0.05, 0) is 31.1 Å². The van der Waals surface area contributed by atoms with Gasteiger partial charge in [-0.1, -0.05) is 6.92 Å². The van der Waals surface area contributed by atoms with Gasteiger partial charge in [0.15, 0.2) is 0 Å². The molecule has 0 aromatic carbocycles. The minimum Gasteiger partial charge on any atom is -0.480 e. The van der Waals surface area contributed by atoms with E-state index >= 15 is 0 Å². The number of anilines is 2. The first-order valence-corrected chi connectivity index (χ1v) is 9.54. The van der Waals surface area contributed by atoms with Gasteiger partial charge >= 0.3 is 0 Å². The molecule has 0 amide bonds. The highest BCUT2D eigenvalue weighted by atomic mass is 16.5. The Morgan fingerprint density at radius 3 is 2.73 bits per heavy atom. The summed E-state index contributed by atoms with van der Waals surface area (Å²) in [5, 5.41) is 16.4. The van der Waals surface area contributed by atoms with Gasteiger partial charge in [0.2, 0.25) is 11.8 Å². The predicted molar refractivity (Wildman–Crippen MR) is 97.5 cm³/mol. The van der Waals surface area contributed by atoms with Crippen molar-refractivity contribution in [2.45, 2.75) is 44.7 Å². The summed E-state index contributed by atoms with van der Waals surface area (Å²) in [5.41, 5.74) is 1.10. The van der Waals surface area contributed by atoms with Crippen LogP contribution in [0.4, 0.5) is 11.6 Å². The number of fused-ring (bicyclic) bond motifs is 3. The number of rotatable bonds is 4. The van der Waals surface area contributed by atoms with Crippen LogP contribution in [-0.2, 0) is 6.54 Å². The summed E-state index contributed by atoms with van der Waals surface area (Å²) in [6, 6.07) is 2.43. The molecule has 8 nitrogen and oxygen atoms in total. The molecule has 2 fully saturated rings. The number of hydrogen-bond donors (Lipinski definition) is 1. The Morgan fingerprint density at radius 1 is 1.19 bits per heavy atom. The number of ether oxygens (including phenoxy) is 1. The molecule has 5 rings (SSSR count). The van der Waals surface area contributed by atoms with Crippen LogP contribution >= 0.6 is 0 Å². The zero-order chi connectivity index (χ0) is 17.7. The second-order valence-corrected chi connectivity index (χ2v) is 7.84. The molecule has 3 aliphatic rings. The first-order chi connectivity index (χ1) is 12.7. The maximum Gasteiger partial charge on any atom is 0.242 e. The standard InChI is InChI=1S/C18H25N7O/c1-11-5-6-25-17(11)21-18(23-25)20-16-12-3-4-13(16)10-24(9-12)14-7-15(26-2)22-19-8-14/h7-8,11-13,16H,3-6,9-10H2,1-2H3,(H,20,23)/t11-,12-,13+,16-/m1/s1. The number of nitrogens with one attached hydrogen (secondary N) is 1. The Balaban J connectivity index is 1.31. The van der Waals surface area contributed by atoms with Gasteiger partial charge in [-0.2, -0.15) is 10.1 Å². The van der Waals surface area contributed by atoms with Gasteiger partial charge in [0.05, 0.1) is 19.0 Å². The Morgan fingerprint density at radius 2 is 2.00 bits per heavy atom. The Hall–Kier alpha value is -2.38. The number of piperidine rings is 1. The molecule has 1 saturated carbocycles. The summed E-state index contributed by atoms with van der Waals surface area (Å²) in [7, 11) is 1.63. The third-order valence-electron chi connectivity index (χ3n) is 6.24. The van der Waals surface area contributed by atoms with Crippen molar-refractivity contribution in [1.29, 1.82) is 0 Å². The van der Waals surface area contributed by atoms with E-state index in [1.165, 1.54) is 12.8 Å². The minimum absolute atomic E-state index is 0.460. The third-order valence-corrected chi connectivity index (χ3v) is 6.24. The molecule has 0 unspecified atom stereocenters. The molecule has 138 valence electrons. The second-order valence-electron chi connectivity index (χ2n) is 7.84. The van der Waals surface area contributed by atoms with E-state index in [-0.39, 0.29) is 0 Å². The highest BCUT2D eigenvalue weighted by Crippen LogP contribution is 2.40. The predicted octanol–water partition coefficient (Wildman–Crippen LogP) is 1.91. The summed E-state index contributed by atoms with van der Waals surface area (Å²) >= 11 is 0. The van der Waals surface area contributed by atoms with Crippen molar-refractivity contribution in [1.82, 2.24) is 25.0 Å². The monoisotopic (exact) mass is 355 g/mol. The van der Waals surface area contributed by atoms with E-state index in [0.717, 1.165) is 43.5 Å². The maximum absolute atomic E-state index is 5.22. The lowest BCUT2D eigenvalue weighted by atomic mass is 9.92. The zero-order valence-electron chi connectivity index (χ0n) is 15.3. The summed E-state index contributed by atoms with van der Waals surface area (Å²) in [4.78, 5) is 7.17. The molecule has 8 heteroatoms. The Labute approximate surface area is 153 Å². The number of aryl methyl sites for hydroxylation is 1. The molecule has 2 aromatic heterocycles. The SMILES string of the molecule is COc1cc(N2C[C@H]3CC[C@@H](C2)[C@@H]3Nc2nc3n(n2)CC[C@H]3C)cnn1. The maximum atomic E-state index is 5.22. The molecule has 0 radical (unpaired) electrons. The van der Waals surface area contributed by atoms with Crippen molar-refractivity contribution in [3.8, 4) is 5.88 Å². The smallest absolute Gasteiger partial charge is 0.242 e. The van der Waals surface area contributed by atoms with Crippen molar-refractivity contribution in [3.05, 3.63) is 18.1 Å². The number of hydrogen-bond acceptors (Lipinski definition) is 7. The van der Waals surface area contributed by atoms with Crippen LogP contribution in [0, 0.1) is 11.8 Å². The van der Waals surface area contributed by atoms with Gasteiger partial charge in [0.1, 0.15) is 5.82 Å². The first kappa shape index (κ1) is 15.8. The molecule has 0 spiro atoms. The molecule has 2 bridgehead atoms. The van der Waals surface area contributed by atoms with Crippen LogP contribution in [-0.4, -0.2) is 51.2 Å². The van der Waals surface area contributed by atoms with E-state index in [1.807, 2.05) is 12.3 Å². The van der Waals surface area contributed by atoms with Gasteiger partial charge in [0, 0.05) is 37.7 Å². The molecule has 1 saturated heterocycles. The van der Waals surface area contributed by atoms with Gasteiger partial charge in [0.25, 0.3) is 0 Å². The van der Waals surface area contributed by atoms with Crippen LogP contribution in [0.15, 0.2) is 12.3 Å². The van der Waals surface area contributed by atoms with Crippen molar-refractivity contribution >= 4 is 11.6 Å². The third kappa shape index (κ3) is 2.59. The summed E-state index contributed by atoms with van der Waals surface area (Å²) in [6.07, 6.45) is 5.48. The van der Waals surface area contributed by atoms with Crippen molar-refractivity contribution in [3.63, 3.8) is 0 Å². The van der Waals surface area contributed by atoms with E-state index in [2.05, 4.69) is 37.1 Å². The molecular weight excluding hydrogens is 330 g/mol. The topological polar surface area (TPSA) is 81.0 Å². The molecule has 26 heavy (non-hydrogen) atoms. The average Bonchev–Trinajstić information content (AvgIpc) is 3.28. The molecule has 4 heterocycles. The first-order valence-electron chi connectivity index (χ1n) is 9.54. The molecule has 2 aliphatic heterocycles. The number of methoxy groups -OCH3 is 1. The lowest BCUT2D eigenvalue weighted by Crippen LogP contribution is -2.48. The molecule has 1 N–H and O–H groups in total. The van der Waals surface area contributed by atoms with E-state index < -0.39 is 0 Å². The summed E-state index contributed by atoms with van der Waals surface area (Å²) in [6.45, 7) is 5.27. The summed E-state index contributed by atoms with van der Waals surface area (Å²) < 4.78 is 7.29. The van der Waals surface area contributed by atoms with Crippen molar-refractivity contribution < 1.29 is 4.74 Å². The van der Waals surface area contributed by atoms with Gasteiger partial charge in [-0.3, -0.25) is 0 Å². The quantitative estimate of drug-likeness (QED) is 0.897. The fourth-order valence-corrected chi connectivity index (χ4v) is 4.82. The van der Waals surface area contributed by atoms with E-state index in [0.29, 0.717) is 29.7 Å². The van der Waals surface area contributed by atoms with E-state index in [9.17, 15) is 0 Å². The summed E-state index contributed by atoms with van der Waals surface area (Å²) in [5.74, 6) is 4.24. The van der Waals surface area contributed by atoms with E-state index in [1.54, 1.807) is 7.11 Å².